The summed E-state index contributed by atoms with van der Waals surface area (Å²) >= 11 is 1.44. The molecular weight excluding hydrogens is 418 g/mol. The van der Waals surface area contributed by atoms with Crippen molar-refractivity contribution in [3.63, 3.8) is 0 Å². The van der Waals surface area contributed by atoms with Crippen molar-refractivity contribution in [3.8, 4) is 11.4 Å². The van der Waals surface area contributed by atoms with Crippen LogP contribution >= 0.6 is 11.8 Å². The van der Waals surface area contributed by atoms with Gasteiger partial charge in [-0.25, -0.2) is 9.97 Å². The van der Waals surface area contributed by atoms with Crippen LogP contribution in [0.2, 0.25) is 0 Å². The van der Waals surface area contributed by atoms with Crippen LogP contribution in [0.4, 0.5) is 5.69 Å². The third-order valence-corrected chi connectivity index (χ3v) is 6.71. The van der Waals surface area contributed by atoms with Crippen LogP contribution in [-0.4, -0.2) is 27.2 Å². The first-order chi connectivity index (χ1) is 15.2. The fraction of sp³-hybridized carbons (Fsp3) is 0.346. The second-order valence-electron chi connectivity index (χ2n) is 9.00. The van der Waals surface area contributed by atoms with E-state index >= 15 is 0 Å². The van der Waals surface area contributed by atoms with Gasteiger partial charge in [0.1, 0.15) is 5.03 Å². The highest BCUT2D eigenvalue weighted by Gasteiger charge is 2.30. The van der Waals surface area contributed by atoms with Gasteiger partial charge in [0.2, 0.25) is 5.91 Å². The van der Waals surface area contributed by atoms with Gasteiger partial charge in [0.05, 0.1) is 23.7 Å². The van der Waals surface area contributed by atoms with Gasteiger partial charge in [-0.2, -0.15) is 0 Å². The highest BCUT2D eigenvalue weighted by molar-refractivity contribution is 8.00. The predicted octanol–water partition coefficient (Wildman–Crippen LogP) is 5.65. The maximum absolute atomic E-state index is 12.6. The van der Waals surface area contributed by atoms with Crippen molar-refractivity contribution < 1.29 is 9.53 Å². The molecule has 5 nitrogen and oxygen atoms in total. The summed E-state index contributed by atoms with van der Waals surface area (Å²) < 4.78 is 6.03. The van der Waals surface area contributed by atoms with E-state index in [4.69, 9.17) is 14.7 Å². The van der Waals surface area contributed by atoms with E-state index in [2.05, 4.69) is 45.1 Å². The lowest BCUT2D eigenvalue weighted by Crippen LogP contribution is -2.33. The number of thioether (sulfide) groups is 1. The molecule has 1 amide bonds. The lowest BCUT2D eigenvalue weighted by atomic mass is 9.96. The number of nitrogens with zero attached hydrogens (tertiary/aromatic N) is 2. The number of aryl methyl sites for hydroxylation is 3. The fourth-order valence-corrected chi connectivity index (χ4v) is 4.46. The highest BCUT2D eigenvalue weighted by Crippen LogP contribution is 2.34. The van der Waals surface area contributed by atoms with Crippen molar-refractivity contribution in [1.82, 2.24) is 9.97 Å². The molecule has 6 heteroatoms. The van der Waals surface area contributed by atoms with E-state index in [1.807, 2.05) is 37.3 Å². The normalized spacial score (nSPS) is 14.7. The van der Waals surface area contributed by atoms with Gasteiger partial charge < -0.3 is 10.1 Å². The van der Waals surface area contributed by atoms with E-state index in [0.717, 1.165) is 33.1 Å². The van der Waals surface area contributed by atoms with E-state index in [1.54, 1.807) is 0 Å². The molecule has 4 rings (SSSR count). The first-order valence-corrected chi connectivity index (χ1v) is 11.8. The quantitative estimate of drug-likeness (QED) is 0.404. The van der Waals surface area contributed by atoms with Crippen LogP contribution in [0.5, 0.6) is 0 Å². The minimum absolute atomic E-state index is 0.0560. The standard InChI is InChI=1S/C26H29N3O2S/c1-16-6-9-19(10-7-16)24-28-22-13-26(4,5)31-14-21(22)25(29-24)32-15-23(30)27-20-11-8-17(2)18(3)12-20/h6-12H,13-15H2,1-5H3,(H,27,30). The highest BCUT2D eigenvalue weighted by atomic mass is 32.2. The Bertz CT molecular complexity index is 1160. The molecule has 3 aromatic rings. The van der Waals surface area contributed by atoms with Gasteiger partial charge in [-0.3, -0.25) is 4.79 Å². The molecule has 1 N–H and O–H groups in total. The van der Waals surface area contributed by atoms with Crippen LogP contribution in [0.15, 0.2) is 47.5 Å². The lowest BCUT2D eigenvalue weighted by molar-refractivity contribution is -0.113. The maximum atomic E-state index is 12.6. The molecular formula is C26H29N3O2S. The van der Waals surface area contributed by atoms with Crippen LogP contribution in [0.3, 0.4) is 0 Å². The maximum Gasteiger partial charge on any atom is 0.234 e. The summed E-state index contributed by atoms with van der Waals surface area (Å²) in [4.78, 5) is 22.3. The molecule has 0 bridgehead atoms. The van der Waals surface area contributed by atoms with Crippen LogP contribution in [0.1, 0.15) is 41.8 Å². The number of anilines is 1. The summed E-state index contributed by atoms with van der Waals surface area (Å²) in [5.74, 6) is 0.908. The second-order valence-corrected chi connectivity index (χ2v) is 9.97. The van der Waals surface area contributed by atoms with Crippen molar-refractivity contribution in [2.45, 2.75) is 58.3 Å². The van der Waals surface area contributed by atoms with Crippen molar-refractivity contribution in [3.05, 3.63) is 70.4 Å². The molecule has 32 heavy (non-hydrogen) atoms. The molecule has 0 fully saturated rings. The van der Waals surface area contributed by atoms with E-state index in [9.17, 15) is 4.79 Å². The number of hydrogen-bond acceptors (Lipinski definition) is 5. The SMILES string of the molecule is Cc1ccc(-c2nc3c(c(SCC(=O)Nc4ccc(C)c(C)c4)n2)COC(C)(C)C3)cc1. The zero-order valence-electron chi connectivity index (χ0n) is 19.3. The van der Waals surface area contributed by atoms with Crippen LogP contribution in [0.25, 0.3) is 11.4 Å². The Balaban J connectivity index is 1.57. The number of carbonyl (C=O) groups is 1. The van der Waals surface area contributed by atoms with Gasteiger partial charge in [0.15, 0.2) is 5.82 Å². The van der Waals surface area contributed by atoms with E-state index < -0.39 is 0 Å². The summed E-state index contributed by atoms with van der Waals surface area (Å²) in [5.41, 5.74) is 7.07. The molecule has 0 atom stereocenters. The summed E-state index contributed by atoms with van der Waals surface area (Å²) in [5, 5.41) is 3.81. The largest absolute Gasteiger partial charge is 0.370 e. The molecule has 166 valence electrons. The number of nitrogens with one attached hydrogen (secondary N) is 1. The van der Waals surface area contributed by atoms with Crippen LogP contribution < -0.4 is 5.32 Å². The van der Waals surface area contributed by atoms with E-state index in [1.165, 1.54) is 22.9 Å². The Labute approximate surface area is 194 Å². The number of carbonyl (C=O) groups excluding carboxylic acids is 1. The summed E-state index contributed by atoms with van der Waals surface area (Å²) in [7, 11) is 0. The lowest BCUT2D eigenvalue weighted by Gasteiger charge is -2.32. The monoisotopic (exact) mass is 447 g/mol. The third-order valence-electron chi connectivity index (χ3n) is 5.70. The topological polar surface area (TPSA) is 64.1 Å². The first-order valence-electron chi connectivity index (χ1n) is 10.8. The number of rotatable bonds is 5. The zero-order chi connectivity index (χ0) is 22.9. The average molecular weight is 448 g/mol. The van der Waals surface area contributed by atoms with Gasteiger partial charge in [-0.05, 0) is 57.9 Å². The van der Waals surface area contributed by atoms with E-state index in [-0.39, 0.29) is 17.3 Å². The van der Waals surface area contributed by atoms with Crippen LogP contribution in [0, 0.1) is 20.8 Å². The minimum Gasteiger partial charge on any atom is -0.370 e. The van der Waals surface area contributed by atoms with Crippen molar-refractivity contribution in [2.75, 3.05) is 11.1 Å². The zero-order valence-corrected chi connectivity index (χ0v) is 20.1. The molecule has 0 saturated carbocycles. The number of benzene rings is 2. The second kappa shape index (κ2) is 9.04. The molecule has 0 radical (unpaired) electrons. The third kappa shape index (κ3) is 5.19. The summed E-state index contributed by atoms with van der Waals surface area (Å²) in [6.07, 6.45) is 0.714. The number of hydrogen-bond donors (Lipinski definition) is 1. The first kappa shape index (κ1) is 22.5. The number of fused-ring (bicyclic) bond motifs is 1. The molecule has 0 unspecified atom stereocenters. The Kier molecular flexibility index (Phi) is 6.35. The van der Waals surface area contributed by atoms with Gasteiger partial charge in [0.25, 0.3) is 0 Å². The summed E-state index contributed by atoms with van der Waals surface area (Å²) in [6, 6.07) is 14.2. The molecule has 1 aliphatic rings. The minimum atomic E-state index is -0.269. The van der Waals surface area contributed by atoms with Gasteiger partial charge in [0, 0.05) is 23.2 Å². The average Bonchev–Trinajstić information content (AvgIpc) is 2.74. The molecule has 0 saturated heterocycles. The van der Waals surface area contributed by atoms with Crippen molar-refractivity contribution in [1.29, 1.82) is 0 Å². The van der Waals surface area contributed by atoms with Crippen molar-refractivity contribution in [2.24, 2.45) is 0 Å². The fourth-order valence-electron chi connectivity index (χ4n) is 3.62. The van der Waals surface area contributed by atoms with Gasteiger partial charge in [-0.15, -0.1) is 0 Å². The molecule has 2 heterocycles. The number of aromatic nitrogens is 2. The van der Waals surface area contributed by atoms with E-state index in [0.29, 0.717) is 18.9 Å². The smallest absolute Gasteiger partial charge is 0.234 e. The molecule has 0 spiro atoms. The Hall–Kier alpha value is -2.70. The molecule has 0 aliphatic carbocycles. The Morgan fingerprint density at radius 3 is 2.53 bits per heavy atom. The Morgan fingerprint density at radius 2 is 1.81 bits per heavy atom. The van der Waals surface area contributed by atoms with Gasteiger partial charge in [-0.1, -0.05) is 47.7 Å². The molecule has 1 aliphatic heterocycles. The predicted molar refractivity (Wildman–Crippen MR) is 130 cm³/mol. The molecule has 1 aromatic heterocycles. The number of ether oxygens (including phenoxy) is 1. The molecule has 2 aromatic carbocycles. The van der Waals surface area contributed by atoms with Crippen molar-refractivity contribution >= 4 is 23.4 Å². The Morgan fingerprint density at radius 1 is 1.06 bits per heavy atom. The summed E-state index contributed by atoms with van der Waals surface area (Å²) in [6.45, 7) is 10.8. The van der Waals surface area contributed by atoms with Crippen LogP contribution in [-0.2, 0) is 22.6 Å². The van der Waals surface area contributed by atoms with Gasteiger partial charge >= 0.3 is 0 Å². The number of amides is 1.